The second-order valence-electron chi connectivity index (χ2n) is 7.97. The highest BCUT2D eigenvalue weighted by Gasteiger charge is 2.27. The topological polar surface area (TPSA) is 67.8 Å². The molecule has 2 fully saturated rings. The van der Waals surface area contributed by atoms with Crippen LogP contribution < -0.4 is 0 Å². The van der Waals surface area contributed by atoms with Crippen LogP contribution >= 0.6 is 0 Å². The van der Waals surface area contributed by atoms with E-state index in [2.05, 4.69) is 16.0 Å². The van der Waals surface area contributed by atoms with Gasteiger partial charge in [0.05, 0.1) is 36.6 Å². The van der Waals surface area contributed by atoms with Gasteiger partial charge in [0, 0.05) is 50.5 Å². The van der Waals surface area contributed by atoms with Gasteiger partial charge in [0.15, 0.2) is 0 Å². The average molecular weight is 418 g/mol. The first-order valence-electron chi connectivity index (χ1n) is 10.8. The Morgan fingerprint density at radius 3 is 2.77 bits per heavy atom. The fraction of sp³-hybridized carbons (Fsp3) is 0.375. The van der Waals surface area contributed by atoms with Crippen molar-refractivity contribution in [2.75, 3.05) is 46.0 Å². The van der Waals surface area contributed by atoms with Gasteiger partial charge in [-0.3, -0.25) is 14.7 Å². The molecule has 0 N–H and O–H groups in total. The molecule has 2 aliphatic rings. The number of benzene rings is 1. The van der Waals surface area contributed by atoms with E-state index in [-0.39, 0.29) is 12.0 Å². The summed E-state index contributed by atoms with van der Waals surface area (Å²) in [5, 5.41) is 0.880. The minimum Gasteiger partial charge on any atom is -0.378 e. The molecular formula is C24H26N4O3. The fourth-order valence-electron chi connectivity index (χ4n) is 4.25. The first-order chi connectivity index (χ1) is 15.3. The quantitative estimate of drug-likeness (QED) is 0.649. The van der Waals surface area contributed by atoms with E-state index in [9.17, 15) is 4.79 Å². The van der Waals surface area contributed by atoms with Crippen molar-refractivity contribution in [3.8, 4) is 0 Å². The second-order valence-corrected chi connectivity index (χ2v) is 7.97. The van der Waals surface area contributed by atoms with Crippen LogP contribution in [0.5, 0.6) is 0 Å². The van der Waals surface area contributed by atoms with Crippen LogP contribution in [-0.4, -0.2) is 71.7 Å². The van der Waals surface area contributed by atoms with Gasteiger partial charge in [-0.1, -0.05) is 24.3 Å². The van der Waals surface area contributed by atoms with E-state index in [1.54, 1.807) is 6.20 Å². The third kappa shape index (κ3) is 4.44. The number of fused-ring (bicyclic) bond motifs is 1. The Morgan fingerprint density at radius 1 is 1.06 bits per heavy atom. The molecule has 31 heavy (non-hydrogen) atoms. The van der Waals surface area contributed by atoms with Crippen LogP contribution in [0.15, 0.2) is 54.9 Å². The maximum Gasteiger partial charge on any atom is 0.254 e. The summed E-state index contributed by atoms with van der Waals surface area (Å²) in [6, 6.07) is 13.8. The Kier molecular flexibility index (Phi) is 5.88. The summed E-state index contributed by atoms with van der Waals surface area (Å²) in [6.07, 6.45) is 3.52. The number of nitrogens with zero attached hydrogens (tertiary/aromatic N) is 4. The van der Waals surface area contributed by atoms with E-state index < -0.39 is 0 Å². The molecule has 0 aliphatic carbocycles. The van der Waals surface area contributed by atoms with Crippen LogP contribution in [0.2, 0.25) is 0 Å². The minimum atomic E-state index is -0.175. The van der Waals surface area contributed by atoms with E-state index in [4.69, 9.17) is 14.5 Å². The third-order valence-electron chi connectivity index (χ3n) is 5.87. The van der Waals surface area contributed by atoms with Gasteiger partial charge in [-0.25, -0.2) is 4.98 Å². The average Bonchev–Trinajstić information content (AvgIpc) is 2.84. The number of hydrogen-bond donors (Lipinski definition) is 0. The van der Waals surface area contributed by atoms with Gasteiger partial charge >= 0.3 is 0 Å². The molecule has 2 saturated heterocycles. The van der Waals surface area contributed by atoms with Gasteiger partial charge < -0.3 is 14.4 Å². The van der Waals surface area contributed by atoms with E-state index in [1.807, 2.05) is 47.5 Å². The summed E-state index contributed by atoms with van der Waals surface area (Å²) in [5.41, 5.74) is 3.50. The van der Waals surface area contributed by atoms with Crippen LogP contribution in [0.4, 0.5) is 0 Å². The van der Waals surface area contributed by atoms with Crippen LogP contribution in [0.3, 0.4) is 0 Å². The van der Waals surface area contributed by atoms with Crippen LogP contribution in [0.25, 0.3) is 10.9 Å². The lowest BCUT2D eigenvalue weighted by molar-refractivity contribution is -0.0349. The molecule has 1 amide bonds. The van der Waals surface area contributed by atoms with Crippen LogP contribution in [0.1, 0.15) is 27.7 Å². The number of carbonyl (C=O) groups excluding carboxylic acids is 1. The van der Waals surface area contributed by atoms with Gasteiger partial charge in [-0.2, -0.15) is 0 Å². The molecule has 0 unspecified atom stereocenters. The van der Waals surface area contributed by atoms with Crippen molar-refractivity contribution in [1.29, 1.82) is 0 Å². The van der Waals surface area contributed by atoms with Crippen LogP contribution in [-0.2, 0) is 16.0 Å². The predicted octanol–water partition coefficient (Wildman–Crippen LogP) is 2.68. The van der Waals surface area contributed by atoms with Crippen molar-refractivity contribution in [3.05, 3.63) is 71.7 Å². The number of amides is 1. The van der Waals surface area contributed by atoms with E-state index in [0.717, 1.165) is 36.2 Å². The molecule has 1 aromatic carbocycles. The van der Waals surface area contributed by atoms with Crippen molar-refractivity contribution in [1.82, 2.24) is 19.8 Å². The molecule has 2 aromatic heterocycles. The smallest absolute Gasteiger partial charge is 0.254 e. The Hall–Kier alpha value is -2.87. The molecule has 7 heteroatoms. The molecule has 5 rings (SSSR count). The van der Waals surface area contributed by atoms with Crippen molar-refractivity contribution in [3.63, 3.8) is 0 Å². The lowest BCUT2D eigenvalue weighted by atomic mass is 10.0. The van der Waals surface area contributed by atoms with Gasteiger partial charge in [0.25, 0.3) is 5.91 Å². The lowest BCUT2D eigenvalue weighted by Crippen LogP contribution is -2.41. The van der Waals surface area contributed by atoms with Crippen molar-refractivity contribution in [2.45, 2.75) is 12.6 Å². The largest absolute Gasteiger partial charge is 0.378 e. The number of pyridine rings is 2. The first kappa shape index (κ1) is 20.1. The van der Waals surface area contributed by atoms with E-state index in [1.165, 1.54) is 5.56 Å². The molecule has 0 saturated carbocycles. The maximum absolute atomic E-state index is 13.3. The molecule has 0 bridgehead atoms. The number of rotatable bonds is 4. The normalized spacial score (nSPS) is 20.1. The Balaban J connectivity index is 1.43. The summed E-state index contributed by atoms with van der Waals surface area (Å²) in [4.78, 5) is 26.6. The monoisotopic (exact) mass is 418 g/mol. The fourth-order valence-corrected chi connectivity index (χ4v) is 4.25. The third-order valence-corrected chi connectivity index (χ3v) is 5.87. The molecule has 160 valence electrons. The van der Waals surface area contributed by atoms with E-state index >= 15 is 0 Å². The number of aromatic nitrogens is 2. The zero-order chi connectivity index (χ0) is 21.0. The minimum absolute atomic E-state index is 0.0335. The molecular weight excluding hydrogens is 392 g/mol. The first-order valence-corrected chi connectivity index (χ1v) is 10.8. The summed E-state index contributed by atoms with van der Waals surface area (Å²) >= 11 is 0. The van der Waals surface area contributed by atoms with Crippen LogP contribution in [0, 0.1) is 0 Å². The number of morpholine rings is 2. The van der Waals surface area contributed by atoms with Gasteiger partial charge in [0.2, 0.25) is 0 Å². The lowest BCUT2D eigenvalue weighted by Gasteiger charge is -2.33. The number of hydrogen-bond acceptors (Lipinski definition) is 6. The zero-order valence-corrected chi connectivity index (χ0v) is 17.4. The molecule has 3 aromatic rings. The molecule has 4 heterocycles. The maximum atomic E-state index is 13.3. The highest BCUT2D eigenvalue weighted by molar-refractivity contribution is 6.06. The summed E-state index contributed by atoms with van der Waals surface area (Å²) in [7, 11) is 0. The molecule has 7 nitrogen and oxygen atoms in total. The summed E-state index contributed by atoms with van der Waals surface area (Å²) < 4.78 is 11.5. The Labute approximate surface area is 181 Å². The van der Waals surface area contributed by atoms with Crippen molar-refractivity contribution in [2.24, 2.45) is 0 Å². The molecule has 0 spiro atoms. The van der Waals surface area contributed by atoms with E-state index in [0.29, 0.717) is 38.5 Å². The van der Waals surface area contributed by atoms with Crippen molar-refractivity contribution < 1.29 is 14.3 Å². The molecule has 0 radical (unpaired) electrons. The Morgan fingerprint density at radius 2 is 1.94 bits per heavy atom. The molecule has 2 aliphatic heterocycles. The molecule has 1 atom stereocenters. The highest BCUT2D eigenvalue weighted by Crippen LogP contribution is 2.27. The standard InChI is InChI=1S/C24H26N4O3/c29-24(28-9-11-30-12-10-28)20-14-22(26-21-6-2-1-5-19(20)21)23-17-27(8-13-31-23)16-18-4-3-7-25-15-18/h1-7,14-15,23H,8-13,16-17H2/t23-/m0/s1. The van der Waals surface area contributed by atoms with Gasteiger partial charge in [0.1, 0.15) is 6.10 Å². The highest BCUT2D eigenvalue weighted by atomic mass is 16.5. The second kappa shape index (κ2) is 9.09. The van der Waals surface area contributed by atoms with Gasteiger partial charge in [-0.05, 0) is 23.8 Å². The van der Waals surface area contributed by atoms with Crippen molar-refractivity contribution >= 4 is 16.8 Å². The number of carbonyl (C=O) groups is 1. The summed E-state index contributed by atoms with van der Waals surface area (Å²) in [6.45, 7) is 5.43. The zero-order valence-electron chi connectivity index (χ0n) is 17.4. The Bertz CT molecular complexity index is 1050. The number of ether oxygens (including phenoxy) is 2. The summed E-state index contributed by atoms with van der Waals surface area (Å²) in [5.74, 6) is 0.0335. The number of para-hydroxylation sites is 1. The van der Waals surface area contributed by atoms with Gasteiger partial charge in [-0.15, -0.1) is 0 Å². The SMILES string of the molecule is O=C(c1cc([C@@H]2CN(Cc3cccnc3)CCO2)nc2ccccc12)N1CCOCC1. The predicted molar refractivity (Wildman–Crippen MR) is 117 cm³/mol.